The van der Waals surface area contributed by atoms with Crippen molar-refractivity contribution in [2.75, 3.05) is 13.1 Å². The molecule has 0 spiro atoms. The Morgan fingerprint density at radius 2 is 1.88 bits per heavy atom. The Balaban J connectivity index is 0.00000128. The molecule has 0 saturated carbocycles. The van der Waals surface area contributed by atoms with Crippen LogP contribution in [-0.4, -0.2) is 42.8 Å². The zero-order chi connectivity index (χ0) is 10.7. The minimum atomic E-state index is 0. The summed E-state index contributed by atoms with van der Waals surface area (Å²) in [6.07, 6.45) is 3.87. The molecule has 2 N–H and O–H groups in total. The maximum Gasteiger partial charge on any atom is -0.870 e. The first-order chi connectivity index (χ1) is 7.25. The van der Waals surface area contributed by atoms with Crippen molar-refractivity contribution in [2.45, 2.75) is 32.2 Å². The molecule has 1 heterocycles. The Bertz CT molecular complexity index is 316. The van der Waals surface area contributed by atoms with Crippen LogP contribution in [0.4, 0.5) is 0 Å². The monoisotopic (exact) mass is 233 g/mol. The summed E-state index contributed by atoms with van der Waals surface area (Å²) < 4.78 is 0. The van der Waals surface area contributed by atoms with E-state index in [1.165, 1.54) is 31.5 Å². The molecule has 1 aromatic carbocycles. The summed E-state index contributed by atoms with van der Waals surface area (Å²) in [5.74, 6) is 0. The molecule has 0 radical (unpaired) electrons. The van der Waals surface area contributed by atoms with E-state index in [0.29, 0.717) is 0 Å². The molecule has 0 aromatic heterocycles. The molecule has 1 atom stereocenters. The van der Waals surface area contributed by atoms with Gasteiger partial charge in [0.15, 0.2) is 0 Å². The van der Waals surface area contributed by atoms with Crippen LogP contribution >= 0.6 is 0 Å². The molecule has 1 saturated heterocycles. The quantitative estimate of drug-likeness (QED) is 0.735. The summed E-state index contributed by atoms with van der Waals surface area (Å²) in [6.45, 7) is 4.79. The van der Waals surface area contributed by atoms with Gasteiger partial charge in [0.25, 0.3) is 0 Å². The van der Waals surface area contributed by atoms with Crippen LogP contribution in [0.25, 0.3) is 0 Å². The second-order valence-corrected chi connectivity index (χ2v) is 4.52. The average Bonchev–Trinajstić information content (AvgIpc) is 2.63. The zero-order valence-electron chi connectivity index (χ0n) is 10.3. The summed E-state index contributed by atoms with van der Waals surface area (Å²) in [5, 5.41) is 0. The second-order valence-electron chi connectivity index (χ2n) is 4.52. The van der Waals surface area contributed by atoms with Crippen molar-refractivity contribution in [3.05, 3.63) is 29.8 Å². The van der Waals surface area contributed by atoms with Gasteiger partial charge in [-0.1, -0.05) is 0 Å². The third-order valence-electron chi connectivity index (χ3n) is 3.36. The smallest absolute Gasteiger partial charge is 0.870 e. The Labute approximate surface area is 105 Å². The Hall–Kier alpha value is -0.835. The Kier molecular flexibility index (Phi) is 7.12. The Morgan fingerprint density at radius 3 is 2.41 bits per heavy atom. The van der Waals surface area contributed by atoms with Gasteiger partial charge in [-0.3, -0.25) is 0 Å². The Morgan fingerprint density at radius 1 is 1.24 bits per heavy atom. The molecular weight excluding hydrogens is 213 g/mol. The normalized spacial score (nSPS) is 19.6. The van der Waals surface area contributed by atoms with Crippen molar-refractivity contribution in [1.29, 1.82) is 0 Å². The van der Waals surface area contributed by atoms with E-state index in [9.17, 15) is 0 Å². The number of benzene rings is 1. The number of hydrogen-bond donors (Lipinski definition) is 0. The molecule has 4 heteroatoms. The first-order valence-electron chi connectivity index (χ1n) is 5.84. The van der Waals surface area contributed by atoms with E-state index >= 15 is 0 Å². The van der Waals surface area contributed by atoms with Crippen LogP contribution in [0.2, 0.25) is 0 Å². The van der Waals surface area contributed by atoms with E-state index in [0.717, 1.165) is 17.9 Å². The number of likely N-dealkylation sites (tertiary alicyclic amines) is 1. The van der Waals surface area contributed by atoms with Crippen LogP contribution in [0.5, 0.6) is 0 Å². The average molecular weight is 233 g/mol. The van der Waals surface area contributed by atoms with E-state index in [4.69, 9.17) is 7.85 Å². The predicted octanol–water partition coefficient (Wildman–Crippen LogP) is 1.15. The van der Waals surface area contributed by atoms with Gasteiger partial charge in [0.2, 0.25) is 0 Å². The summed E-state index contributed by atoms with van der Waals surface area (Å²) >= 11 is 0. The van der Waals surface area contributed by atoms with Crippen molar-refractivity contribution in [2.24, 2.45) is 0 Å². The molecule has 3 nitrogen and oxygen atoms in total. The molecule has 0 bridgehead atoms. The van der Waals surface area contributed by atoms with E-state index in [2.05, 4.69) is 24.0 Å². The van der Waals surface area contributed by atoms with Gasteiger partial charge in [-0.2, -0.15) is 0 Å². The van der Waals surface area contributed by atoms with Gasteiger partial charge >= 0.3 is 93.4 Å². The summed E-state index contributed by atoms with van der Waals surface area (Å²) in [7, 11) is 5.66. The first kappa shape index (κ1) is 16.2. The zero-order valence-corrected chi connectivity index (χ0v) is 10.3. The van der Waals surface area contributed by atoms with Crippen molar-refractivity contribution in [3.8, 4) is 0 Å². The van der Waals surface area contributed by atoms with Crippen LogP contribution in [0.3, 0.4) is 0 Å². The summed E-state index contributed by atoms with van der Waals surface area (Å²) in [4.78, 5) is 2.58. The van der Waals surface area contributed by atoms with Gasteiger partial charge < -0.3 is 11.0 Å². The molecule has 2 rings (SSSR count). The molecule has 0 aliphatic carbocycles. The van der Waals surface area contributed by atoms with Crippen LogP contribution in [-0.2, 0) is 6.42 Å². The topological polar surface area (TPSA) is 63.2 Å². The van der Waals surface area contributed by atoms with E-state index < -0.39 is 0 Å². The fraction of sp³-hybridized carbons (Fsp3) is 0.538. The van der Waals surface area contributed by atoms with Gasteiger partial charge in [-0.05, 0) is 0 Å². The van der Waals surface area contributed by atoms with E-state index in [-0.39, 0.29) is 11.0 Å². The summed E-state index contributed by atoms with van der Waals surface area (Å²) in [5.41, 5.74) is 2.25. The van der Waals surface area contributed by atoms with Crippen molar-refractivity contribution < 1.29 is 11.0 Å². The van der Waals surface area contributed by atoms with Crippen molar-refractivity contribution in [3.63, 3.8) is 0 Å². The third-order valence-corrected chi connectivity index (χ3v) is 3.36. The molecule has 0 unspecified atom stereocenters. The van der Waals surface area contributed by atoms with Crippen molar-refractivity contribution >= 4 is 13.3 Å². The fourth-order valence-corrected chi connectivity index (χ4v) is 2.28. The van der Waals surface area contributed by atoms with Gasteiger partial charge in [0.05, 0.1) is 0 Å². The minimum absolute atomic E-state index is 0. The van der Waals surface area contributed by atoms with Gasteiger partial charge in [0, 0.05) is 0 Å². The number of nitrogens with zero attached hydrogens (tertiary/aromatic N) is 1. The summed E-state index contributed by atoms with van der Waals surface area (Å²) in [6, 6.07) is 9.02. The maximum atomic E-state index is 5.66. The van der Waals surface area contributed by atoms with Gasteiger partial charge in [-0.15, -0.1) is 0 Å². The molecule has 1 aliphatic rings. The predicted molar refractivity (Wildman–Crippen MR) is 69.7 cm³/mol. The molecule has 1 fully saturated rings. The fourth-order valence-electron chi connectivity index (χ4n) is 2.28. The molecular formula is C13H20BNO2. The number of rotatable bonds is 3. The van der Waals surface area contributed by atoms with Crippen LogP contribution in [0, 0.1) is 0 Å². The largest absolute Gasteiger partial charge is 0.870 e. The molecule has 1 aliphatic heterocycles. The third kappa shape index (κ3) is 4.50. The molecule has 92 valence electrons. The number of hydrogen-bond acceptors (Lipinski definition) is 3. The molecule has 17 heavy (non-hydrogen) atoms. The minimum Gasteiger partial charge on any atom is -0.870 e. The van der Waals surface area contributed by atoms with Gasteiger partial charge in [0.1, 0.15) is 0 Å². The first-order valence-corrected chi connectivity index (χ1v) is 5.84. The standard InChI is InChI=1S/C13H18BN.2H2O/c1-11-3-2-9-15(11)10-8-12-4-6-13(14)7-5-12;;/h4-7,11H,2-3,8-10H2,1H3;2*1H2/q+2;;/p-2/t11-;;/m1../s1. The van der Waals surface area contributed by atoms with E-state index in [1.54, 1.807) is 0 Å². The molecule has 0 amide bonds. The van der Waals surface area contributed by atoms with Crippen LogP contribution in [0.1, 0.15) is 25.3 Å². The van der Waals surface area contributed by atoms with Crippen LogP contribution in [0.15, 0.2) is 24.3 Å². The van der Waals surface area contributed by atoms with E-state index in [1.807, 2.05) is 12.1 Å². The van der Waals surface area contributed by atoms with Crippen LogP contribution < -0.4 is 5.46 Å². The SMILES string of the molecule is [B+2]c1ccc(CCN2CCC[C@H]2C)cc1.[OH-].[OH-]. The second kappa shape index (κ2) is 7.48. The molecule has 1 aromatic rings. The maximum absolute atomic E-state index is 5.66. The van der Waals surface area contributed by atoms with Gasteiger partial charge in [-0.25, -0.2) is 0 Å². The van der Waals surface area contributed by atoms with Crippen molar-refractivity contribution in [1.82, 2.24) is 4.90 Å².